The van der Waals surface area contributed by atoms with Crippen molar-refractivity contribution in [3.63, 3.8) is 0 Å². The van der Waals surface area contributed by atoms with E-state index in [4.69, 9.17) is 13.6 Å². The van der Waals surface area contributed by atoms with Crippen LogP contribution in [-0.2, 0) is 19.0 Å². The van der Waals surface area contributed by atoms with Crippen molar-refractivity contribution < 1.29 is 28.2 Å². The van der Waals surface area contributed by atoms with Crippen molar-refractivity contribution in [2.24, 2.45) is 0 Å². The third kappa shape index (κ3) is 3.82. The molecule has 0 aromatic carbocycles. The summed E-state index contributed by atoms with van der Waals surface area (Å²) < 4.78 is 34.6. The van der Waals surface area contributed by atoms with Gasteiger partial charge in [0, 0.05) is 21.3 Å². The van der Waals surface area contributed by atoms with Crippen molar-refractivity contribution in [1.82, 2.24) is 0 Å². The summed E-state index contributed by atoms with van der Waals surface area (Å²) in [7, 11) is -1.22. The largest absolute Gasteiger partial charge is 0.388 e. The Hall–Kier alpha value is -0.490. The first-order valence-electron chi connectivity index (χ1n) is 5.65. The second kappa shape index (κ2) is 6.97. The van der Waals surface area contributed by atoms with Gasteiger partial charge in [0.25, 0.3) is 0 Å². The number of rotatable bonds is 7. The van der Waals surface area contributed by atoms with E-state index in [0.717, 1.165) is 0 Å². The predicted molar refractivity (Wildman–Crippen MR) is 45.5 cm³/mol. The first-order chi connectivity index (χ1) is 7.71. The molecule has 0 aromatic heterocycles. The molecule has 0 radical (unpaired) electrons. The zero-order valence-corrected chi connectivity index (χ0v) is 7.22. The lowest BCUT2D eigenvalue weighted by Gasteiger charge is -2.24. The number of aliphatic hydroxyl groups excluding tert-OH is 1. The summed E-state index contributed by atoms with van der Waals surface area (Å²) in [6.45, 7) is -0.195. The number of hydrogen-bond acceptors (Lipinski definition) is 5. The van der Waals surface area contributed by atoms with Gasteiger partial charge in [-0.3, -0.25) is 0 Å². The summed E-state index contributed by atoms with van der Waals surface area (Å²) in [5.41, 5.74) is 0. The molecule has 0 saturated heterocycles. The number of carbonyl (C=O) groups is 1. The van der Waals surface area contributed by atoms with E-state index in [1.807, 2.05) is 0 Å². The van der Waals surface area contributed by atoms with E-state index in [0.29, 0.717) is 6.29 Å². The topological polar surface area (TPSA) is 65.0 Å². The van der Waals surface area contributed by atoms with Crippen LogP contribution in [-0.4, -0.2) is 57.6 Å². The van der Waals surface area contributed by atoms with E-state index >= 15 is 0 Å². The fourth-order valence-corrected chi connectivity index (χ4v) is 0.852. The molecule has 0 saturated carbocycles. The fourth-order valence-electron chi connectivity index (χ4n) is 0.852. The van der Waals surface area contributed by atoms with Gasteiger partial charge in [-0.25, -0.2) is 0 Å². The lowest BCUT2D eigenvalue weighted by atomic mass is 10.1. The minimum Gasteiger partial charge on any atom is -0.388 e. The zero-order valence-electron chi connectivity index (χ0n) is 10.2. The van der Waals surface area contributed by atoms with E-state index in [2.05, 4.69) is 4.74 Å². The van der Waals surface area contributed by atoms with Crippen LogP contribution in [0, 0.1) is 0 Å². The van der Waals surface area contributed by atoms with Crippen LogP contribution in [0.5, 0.6) is 0 Å². The van der Waals surface area contributed by atoms with Crippen LogP contribution in [0.2, 0.25) is 0 Å². The maximum Gasteiger partial charge on any atom is 0.151 e. The molecule has 0 aliphatic rings. The average molecular weight is 195 g/mol. The van der Waals surface area contributed by atoms with Crippen molar-refractivity contribution in [3.05, 3.63) is 0 Å². The molecular formula is C8H16O5. The Morgan fingerprint density at radius 1 is 1.46 bits per heavy atom. The Balaban J connectivity index is 4.35. The summed E-state index contributed by atoms with van der Waals surface area (Å²) >= 11 is 0. The summed E-state index contributed by atoms with van der Waals surface area (Å²) in [6, 6.07) is 0. The monoisotopic (exact) mass is 195 g/mol. The molecule has 0 amide bonds. The molecule has 0 rings (SSSR count). The molecule has 0 heterocycles. The fraction of sp³-hybridized carbons (Fsp3) is 0.875. The van der Waals surface area contributed by atoms with Crippen molar-refractivity contribution in [1.29, 1.82) is 0 Å². The highest BCUT2D eigenvalue weighted by molar-refractivity contribution is 5.57. The Bertz CT molecular complexity index is 183. The molecule has 13 heavy (non-hydrogen) atoms. The average Bonchev–Trinajstić information content (AvgIpc) is 2.30. The van der Waals surface area contributed by atoms with E-state index in [-0.39, 0.29) is 13.7 Å². The Kier molecular flexibility index (Phi) is 4.22. The van der Waals surface area contributed by atoms with Crippen LogP contribution in [0.4, 0.5) is 0 Å². The lowest BCUT2D eigenvalue weighted by Crippen LogP contribution is -2.43. The molecule has 5 heteroatoms. The first kappa shape index (κ1) is 7.87. The molecule has 0 fully saturated rings. The van der Waals surface area contributed by atoms with Crippen LogP contribution in [0.15, 0.2) is 0 Å². The van der Waals surface area contributed by atoms with Crippen LogP contribution < -0.4 is 0 Å². The highest BCUT2D eigenvalue weighted by Crippen LogP contribution is 2.06. The van der Waals surface area contributed by atoms with E-state index < -0.39 is 32.5 Å². The molecule has 78 valence electrons. The normalized spacial score (nSPS) is 20.8. The van der Waals surface area contributed by atoms with Crippen LogP contribution >= 0.6 is 0 Å². The number of carbonyl (C=O) groups excluding carboxylic acids is 1. The number of aldehydes is 1. The molecule has 0 unspecified atom stereocenters. The highest BCUT2D eigenvalue weighted by Gasteiger charge is 2.27. The van der Waals surface area contributed by atoms with Crippen LogP contribution in [0.25, 0.3) is 0 Å². The second-order valence-electron chi connectivity index (χ2n) is 2.34. The lowest BCUT2D eigenvalue weighted by molar-refractivity contribution is -0.138. The van der Waals surface area contributed by atoms with Gasteiger partial charge in [0.15, 0.2) is 6.29 Å². The Morgan fingerprint density at radius 3 is 2.77 bits per heavy atom. The Labute approximate surface area is 81.8 Å². The highest BCUT2D eigenvalue weighted by atomic mass is 16.5. The van der Waals surface area contributed by atoms with Gasteiger partial charge in [-0.1, -0.05) is 0 Å². The van der Waals surface area contributed by atoms with E-state index in [1.165, 1.54) is 0 Å². The van der Waals surface area contributed by atoms with Crippen LogP contribution in [0.1, 0.15) is 4.11 Å². The number of hydrogen-bond donors (Lipinski definition) is 1. The standard InChI is InChI=1S/C8H16O5/c1-11-5-6(10)8(13-3)7(4-9)12-2/h4,6-8,10H,5H2,1-3H3/t6-,7+,8+/m1/s1/i1D,2D,3D. The SMILES string of the molecule is [2H]COC[C@@H](O)[C@H](OC[2H])[C@H](C=O)OC[2H]. The minimum atomic E-state index is -1.18. The maximum absolute atomic E-state index is 10.7. The molecule has 0 bridgehead atoms. The summed E-state index contributed by atoms with van der Waals surface area (Å²) in [5, 5.41) is 9.58. The quantitative estimate of drug-likeness (QED) is 0.540. The van der Waals surface area contributed by atoms with Crippen molar-refractivity contribution in [3.8, 4) is 0 Å². The number of ether oxygens (including phenoxy) is 3. The molecule has 0 aliphatic carbocycles. The summed E-state index contributed by atoms with van der Waals surface area (Å²) in [6.07, 6.45) is -2.96. The zero-order chi connectivity index (χ0) is 12.4. The third-order valence-electron chi connectivity index (χ3n) is 1.51. The van der Waals surface area contributed by atoms with Gasteiger partial charge in [0.05, 0.1) is 10.7 Å². The summed E-state index contributed by atoms with van der Waals surface area (Å²) in [4.78, 5) is 10.7. The summed E-state index contributed by atoms with van der Waals surface area (Å²) in [5.74, 6) is 0. The van der Waals surface area contributed by atoms with Gasteiger partial charge in [-0.05, 0) is 0 Å². The molecule has 0 aliphatic heterocycles. The van der Waals surface area contributed by atoms with Crippen molar-refractivity contribution in [2.75, 3.05) is 27.9 Å². The van der Waals surface area contributed by atoms with Gasteiger partial charge in [0.1, 0.15) is 18.3 Å². The number of methoxy groups -OCH3 is 3. The van der Waals surface area contributed by atoms with Gasteiger partial charge in [-0.15, -0.1) is 0 Å². The third-order valence-corrected chi connectivity index (χ3v) is 1.51. The molecule has 1 N–H and O–H groups in total. The van der Waals surface area contributed by atoms with Crippen molar-refractivity contribution >= 4 is 6.29 Å². The van der Waals surface area contributed by atoms with E-state index in [9.17, 15) is 9.90 Å². The minimum absolute atomic E-state index is 0.195. The van der Waals surface area contributed by atoms with Crippen molar-refractivity contribution in [2.45, 2.75) is 18.3 Å². The smallest absolute Gasteiger partial charge is 0.151 e. The Morgan fingerprint density at radius 2 is 2.23 bits per heavy atom. The van der Waals surface area contributed by atoms with Gasteiger partial charge >= 0.3 is 0 Å². The molecule has 0 aromatic rings. The van der Waals surface area contributed by atoms with E-state index in [1.54, 1.807) is 0 Å². The van der Waals surface area contributed by atoms with Crippen LogP contribution in [0.3, 0.4) is 0 Å². The van der Waals surface area contributed by atoms with Gasteiger partial charge < -0.3 is 24.1 Å². The molecule has 5 nitrogen and oxygen atoms in total. The first-order valence-corrected chi connectivity index (χ1v) is 3.53. The molecule has 3 atom stereocenters. The number of aliphatic hydroxyl groups is 1. The van der Waals surface area contributed by atoms with Gasteiger partial charge in [-0.2, -0.15) is 0 Å². The maximum atomic E-state index is 10.7. The van der Waals surface area contributed by atoms with Gasteiger partial charge in [0.2, 0.25) is 0 Å². The molecular weight excluding hydrogens is 176 g/mol. The predicted octanol–water partition coefficient (Wildman–Crippen LogP) is -0.777. The second-order valence-corrected chi connectivity index (χ2v) is 2.34. The molecule has 0 spiro atoms.